The minimum atomic E-state index is 0.0950. The van der Waals surface area contributed by atoms with Crippen LogP contribution in [0.5, 0.6) is 0 Å². The highest BCUT2D eigenvalue weighted by molar-refractivity contribution is 6.17. The number of unbranched alkanes of at least 4 members (excludes halogenated alkanes) is 2. The molecule has 17 heavy (non-hydrogen) atoms. The Hall–Kier alpha value is -1.28. The fourth-order valence-electron chi connectivity index (χ4n) is 2.01. The van der Waals surface area contributed by atoms with Crippen molar-refractivity contribution in [3.63, 3.8) is 0 Å². The highest BCUT2D eigenvalue weighted by Crippen LogP contribution is 2.11. The van der Waals surface area contributed by atoms with Crippen LogP contribution in [0.25, 0.3) is 10.9 Å². The zero-order valence-electron chi connectivity index (χ0n) is 9.73. The number of halogens is 1. The SMILES string of the molecule is O=c1ccn(CCCCCCl)c2ccccc12. The molecule has 0 aliphatic heterocycles. The van der Waals surface area contributed by atoms with Crippen molar-refractivity contribution in [2.45, 2.75) is 25.8 Å². The van der Waals surface area contributed by atoms with Crippen molar-refractivity contribution in [3.8, 4) is 0 Å². The summed E-state index contributed by atoms with van der Waals surface area (Å²) in [6.45, 7) is 0.942. The summed E-state index contributed by atoms with van der Waals surface area (Å²) in [6.07, 6.45) is 5.16. The van der Waals surface area contributed by atoms with Gasteiger partial charge in [0.05, 0.1) is 5.52 Å². The highest BCUT2D eigenvalue weighted by Gasteiger charge is 2.01. The molecule has 2 rings (SSSR count). The molecule has 0 spiro atoms. The van der Waals surface area contributed by atoms with Gasteiger partial charge in [0.25, 0.3) is 0 Å². The predicted octanol–water partition coefficient (Wildman–Crippen LogP) is 3.41. The molecule has 1 aromatic heterocycles. The molecule has 2 nitrogen and oxygen atoms in total. The molecule has 0 radical (unpaired) electrons. The third-order valence-electron chi connectivity index (χ3n) is 2.92. The number of rotatable bonds is 5. The van der Waals surface area contributed by atoms with Gasteiger partial charge in [-0.05, 0) is 25.0 Å². The zero-order chi connectivity index (χ0) is 12.1. The van der Waals surface area contributed by atoms with Crippen LogP contribution in [0, 0.1) is 0 Å². The van der Waals surface area contributed by atoms with Crippen molar-refractivity contribution in [3.05, 3.63) is 46.8 Å². The van der Waals surface area contributed by atoms with Crippen molar-refractivity contribution in [2.75, 3.05) is 5.88 Å². The van der Waals surface area contributed by atoms with Crippen LogP contribution in [0.3, 0.4) is 0 Å². The lowest BCUT2D eigenvalue weighted by Gasteiger charge is -2.09. The van der Waals surface area contributed by atoms with Crippen molar-refractivity contribution in [1.82, 2.24) is 4.57 Å². The van der Waals surface area contributed by atoms with E-state index in [0.717, 1.165) is 42.6 Å². The number of aromatic nitrogens is 1. The molecule has 0 fully saturated rings. The monoisotopic (exact) mass is 249 g/mol. The molecule has 0 bridgehead atoms. The number of alkyl halides is 1. The summed E-state index contributed by atoms with van der Waals surface area (Å²) in [4.78, 5) is 11.7. The van der Waals surface area contributed by atoms with Gasteiger partial charge in [-0.1, -0.05) is 18.6 Å². The summed E-state index contributed by atoms with van der Waals surface area (Å²) >= 11 is 5.65. The number of benzene rings is 1. The maximum atomic E-state index is 11.7. The Labute approximate surface area is 106 Å². The van der Waals surface area contributed by atoms with Crippen LogP contribution in [0.4, 0.5) is 0 Å². The van der Waals surface area contributed by atoms with E-state index < -0.39 is 0 Å². The van der Waals surface area contributed by atoms with Gasteiger partial charge in [0.15, 0.2) is 5.43 Å². The second kappa shape index (κ2) is 5.87. The van der Waals surface area contributed by atoms with Gasteiger partial charge in [-0.15, -0.1) is 11.6 Å². The third-order valence-corrected chi connectivity index (χ3v) is 3.18. The first-order valence-corrected chi connectivity index (χ1v) is 6.50. The Balaban J connectivity index is 2.23. The zero-order valence-corrected chi connectivity index (χ0v) is 10.5. The highest BCUT2D eigenvalue weighted by atomic mass is 35.5. The van der Waals surface area contributed by atoms with E-state index in [4.69, 9.17) is 11.6 Å². The van der Waals surface area contributed by atoms with Gasteiger partial charge in [-0.25, -0.2) is 0 Å². The lowest BCUT2D eigenvalue weighted by molar-refractivity contribution is 0.615. The molecule has 0 unspecified atom stereocenters. The lowest BCUT2D eigenvalue weighted by atomic mass is 10.2. The number of hydrogen-bond donors (Lipinski definition) is 0. The average molecular weight is 250 g/mol. The topological polar surface area (TPSA) is 22.0 Å². The summed E-state index contributed by atoms with van der Waals surface area (Å²) in [5.41, 5.74) is 1.11. The van der Waals surface area contributed by atoms with Crippen LogP contribution in [-0.2, 0) is 6.54 Å². The molecule has 0 atom stereocenters. The van der Waals surface area contributed by atoms with Crippen molar-refractivity contribution < 1.29 is 0 Å². The summed E-state index contributed by atoms with van der Waals surface area (Å²) in [7, 11) is 0. The Morgan fingerprint density at radius 1 is 1.06 bits per heavy atom. The summed E-state index contributed by atoms with van der Waals surface area (Å²) in [5.74, 6) is 0.727. The molecular weight excluding hydrogens is 234 g/mol. The molecule has 90 valence electrons. The first-order valence-electron chi connectivity index (χ1n) is 5.97. The smallest absolute Gasteiger partial charge is 0.189 e. The number of fused-ring (bicyclic) bond motifs is 1. The Bertz CT molecular complexity index is 547. The van der Waals surface area contributed by atoms with Crippen LogP contribution in [0.15, 0.2) is 41.3 Å². The molecule has 2 aromatic rings. The van der Waals surface area contributed by atoms with E-state index in [1.807, 2.05) is 30.5 Å². The molecular formula is C14H16ClNO. The van der Waals surface area contributed by atoms with Gasteiger partial charge < -0.3 is 4.57 Å². The normalized spacial score (nSPS) is 10.9. The van der Waals surface area contributed by atoms with E-state index in [0.29, 0.717) is 0 Å². The van der Waals surface area contributed by atoms with Crippen molar-refractivity contribution >= 4 is 22.5 Å². The van der Waals surface area contributed by atoms with E-state index in [-0.39, 0.29) is 5.43 Å². The largest absolute Gasteiger partial charge is 0.347 e. The van der Waals surface area contributed by atoms with Crippen LogP contribution in [-0.4, -0.2) is 10.4 Å². The maximum Gasteiger partial charge on any atom is 0.189 e. The van der Waals surface area contributed by atoms with Crippen LogP contribution < -0.4 is 5.43 Å². The maximum absolute atomic E-state index is 11.7. The van der Waals surface area contributed by atoms with E-state index in [9.17, 15) is 4.79 Å². The van der Waals surface area contributed by atoms with E-state index in [1.165, 1.54) is 0 Å². The van der Waals surface area contributed by atoms with Crippen LogP contribution in [0.1, 0.15) is 19.3 Å². The Kier molecular flexibility index (Phi) is 4.21. The molecule has 0 amide bonds. The molecule has 1 heterocycles. The number of nitrogens with zero attached hydrogens (tertiary/aromatic N) is 1. The minimum absolute atomic E-state index is 0.0950. The number of aryl methyl sites for hydroxylation is 1. The number of para-hydroxylation sites is 1. The van der Waals surface area contributed by atoms with E-state index in [1.54, 1.807) is 6.07 Å². The first kappa shape index (κ1) is 12.2. The van der Waals surface area contributed by atoms with Gasteiger partial charge in [-0.2, -0.15) is 0 Å². The summed E-state index contributed by atoms with van der Waals surface area (Å²) in [6, 6.07) is 9.40. The Morgan fingerprint density at radius 3 is 2.71 bits per heavy atom. The van der Waals surface area contributed by atoms with Crippen molar-refractivity contribution in [1.29, 1.82) is 0 Å². The number of pyridine rings is 1. The van der Waals surface area contributed by atoms with Gasteiger partial charge in [-0.3, -0.25) is 4.79 Å². The second-order valence-electron chi connectivity index (χ2n) is 4.14. The van der Waals surface area contributed by atoms with Crippen molar-refractivity contribution in [2.24, 2.45) is 0 Å². The quantitative estimate of drug-likeness (QED) is 0.588. The summed E-state index contributed by atoms with van der Waals surface area (Å²) < 4.78 is 2.14. The molecule has 0 N–H and O–H groups in total. The first-order chi connectivity index (χ1) is 8.33. The fraction of sp³-hybridized carbons (Fsp3) is 0.357. The molecule has 3 heteroatoms. The molecule has 0 saturated heterocycles. The minimum Gasteiger partial charge on any atom is -0.347 e. The van der Waals surface area contributed by atoms with Gasteiger partial charge >= 0.3 is 0 Å². The predicted molar refractivity (Wildman–Crippen MR) is 72.8 cm³/mol. The van der Waals surface area contributed by atoms with Crippen LogP contribution in [0.2, 0.25) is 0 Å². The van der Waals surface area contributed by atoms with Gasteiger partial charge in [0.1, 0.15) is 0 Å². The third kappa shape index (κ3) is 2.89. The van der Waals surface area contributed by atoms with E-state index >= 15 is 0 Å². The Morgan fingerprint density at radius 2 is 1.88 bits per heavy atom. The molecule has 0 saturated carbocycles. The van der Waals surface area contributed by atoms with Gasteiger partial charge in [0, 0.05) is 30.1 Å². The second-order valence-corrected chi connectivity index (χ2v) is 4.52. The molecule has 0 aliphatic rings. The standard InChI is InChI=1S/C14H16ClNO/c15-9-4-1-5-10-16-11-8-14(17)12-6-2-3-7-13(12)16/h2-3,6-8,11H,1,4-5,9-10H2. The molecule has 0 aliphatic carbocycles. The number of hydrogen-bond acceptors (Lipinski definition) is 1. The lowest BCUT2D eigenvalue weighted by Crippen LogP contribution is -2.08. The van der Waals surface area contributed by atoms with Crippen LogP contribution >= 0.6 is 11.6 Å². The van der Waals surface area contributed by atoms with E-state index in [2.05, 4.69) is 4.57 Å². The summed E-state index contributed by atoms with van der Waals surface area (Å²) in [5, 5.41) is 0.798. The average Bonchev–Trinajstić information content (AvgIpc) is 2.37. The fourth-order valence-corrected chi connectivity index (χ4v) is 2.20. The van der Waals surface area contributed by atoms with Gasteiger partial charge in [0.2, 0.25) is 0 Å². The molecule has 1 aromatic carbocycles.